The van der Waals surface area contributed by atoms with Crippen molar-refractivity contribution in [2.45, 2.75) is 13.5 Å². The molecule has 0 bridgehead atoms. The van der Waals surface area contributed by atoms with E-state index in [4.69, 9.17) is 0 Å². The van der Waals surface area contributed by atoms with E-state index in [-0.39, 0.29) is 15.6 Å². The lowest BCUT2D eigenvalue weighted by Gasteiger charge is -2.01. The molecule has 0 spiro atoms. The standard InChI is InChI=1S/C5H14N2OSi/c1-3-6-5(8)7-4-9-2/h3-4,9H2,1-2H3,(H2,6,7,8). The zero-order valence-corrected chi connectivity index (χ0v) is 7.44. The highest BCUT2D eigenvalue weighted by Crippen LogP contribution is 1.61. The second-order valence-electron chi connectivity index (χ2n) is 1.79. The summed E-state index contributed by atoms with van der Waals surface area (Å²) in [5.41, 5.74) is 0. The van der Waals surface area contributed by atoms with Crippen LogP contribution in [0, 0.1) is 0 Å². The number of carbonyl (C=O) groups is 1. The van der Waals surface area contributed by atoms with Gasteiger partial charge in [-0.1, -0.05) is 6.55 Å². The number of carbonyl (C=O) groups excluding carboxylic acids is 1. The first kappa shape index (κ1) is 8.49. The Morgan fingerprint density at radius 3 is 2.67 bits per heavy atom. The van der Waals surface area contributed by atoms with E-state index in [2.05, 4.69) is 17.2 Å². The molecule has 0 aromatic carbocycles. The summed E-state index contributed by atoms with van der Waals surface area (Å²) in [4.78, 5) is 10.6. The van der Waals surface area contributed by atoms with Gasteiger partial charge in [-0.25, -0.2) is 4.79 Å². The summed E-state index contributed by atoms with van der Waals surface area (Å²) in [6.07, 6.45) is 0.895. The first-order valence-electron chi connectivity index (χ1n) is 3.33. The van der Waals surface area contributed by atoms with Crippen molar-refractivity contribution in [1.29, 1.82) is 0 Å². The van der Waals surface area contributed by atoms with Crippen LogP contribution in [0.1, 0.15) is 6.92 Å². The zero-order valence-electron chi connectivity index (χ0n) is 6.03. The highest BCUT2D eigenvalue weighted by atomic mass is 28.2. The average molecular weight is 146 g/mol. The van der Waals surface area contributed by atoms with Gasteiger partial charge in [0.2, 0.25) is 0 Å². The van der Waals surface area contributed by atoms with Crippen LogP contribution < -0.4 is 10.6 Å². The number of hydrogen-bond donors (Lipinski definition) is 2. The van der Waals surface area contributed by atoms with Gasteiger partial charge in [-0.3, -0.25) is 0 Å². The molecule has 0 radical (unpaired) electrons. The molecule has 9 heavy (non-hydrogen) atoms. The predicted octanol–water partition coefficient (Wildman–Crippen LogP) is -0.520. The Hall–Kier alpha value is -0.513. The van der Waals surface area contributed by atoms with Crippen molar-refractivity contribution in [1.82, 2.24) is 10.6 Å². The number of nitrogens with one attached hydrogen (secondary N) is 2. The summed E-state index contributed by atoms with van der Waals surface area (Å²) < 4.78 is 0. The molecule has 0 fully saturated rings. The molecular weight excluding hydrogens is 132 g/mol. The highest BCUT2D eigenvalue weighted by molar-refractivity contribution is 6.34. The van der Waals surface area contributed by atoms with Gasteiger partial charge in [0.25, 0.3) is 0 Å². The van der Waals surface area contributed by atoms with Gasteiger partial charge >= 0.3 is 6.03 Å². The van der Waals surface area contributed by atoms with E-state index < -0.39 is 0 Å². The Morgan fingerprint density at radius 1 is 1.56 bits per heavy atom. The summed E-state index contributed by atoms with van der Waals surface area (Å²) in [6, 6.07) is -0.0353. The van der Waals surface area contributed by atoms with Gasteiger partial charge < -0.3 is 10.6 Å². The average Bonchev–Trinajstić information content (AvgIpc) is 1.85. The molecule has 0 aliphatic carbocycles. The minimum Gasteiger partial charge on any atom is -0.342 e. The first-order chi connectivity index (χ1) is 4.31. The van der Waals surface area contributed by atoms with Crippen LogP contribution in [0.2, 0.25) is 6.55 Å². The fraction of sp³-hybridized carbons (Fsp3) is 0.800. The van der Waals surface area contributed by atoms with Gasteiger partial charge in [0, 0.05) is 22.2 Å². The number of urea groups is 1. The van der Waals surface area contributed by atoms with Crippen molar-refractivity contribution in [3.05, 3.63) is 0 Å². The molecule has 2 N–H and O–H groups in total. The SMILES string of the molecule is CCNC(=O)NC[SiH2]C. The van der Waals surface area contributed by atoms with E-state index in [1.54, 1.807) is 0 Å². The van der Waals surface area contributed by atoms with Crippen molar-refractivity contribution >= 4 is 15.6 Å². The van der Waals surface area contributed by atoms with E-state index in [0.29, 0.717) is 6.54 Å². The van der Waals surface area contributed by atoms with Gasteiger partial charge in [0.05, 0.1) is 0 Å². The quantitative estimate of drug-likeness (QED) is 0.517. The van der Waals surface area contributed by atoms with Crippen molar-refractivity contribution in [2.75, 3.05) is 12.7 Å². The molecule has 0 saturated heterocycles. The summed E-state index contributed by atoms with van der Waals surface area (Å²) in [5, 5.41) is 5.40. The number of hydrogen-bond acceptors (Lipinski definition) is 1. The van der Waals surface area contributed by atoms with Crippen LogP contribution in [0.5, 0.6) is 0 Å². The molecule has 0 aromatic heterocycles. The molecule has 54 valence electrons. The third kappa shape index (κ3) is 5.36. The lowest BCUT2D eigenvalue weighted by Crippen LogP contribution is -2.37. The molecule has 0 atom stereocenters. The maximum absolute atomic E-state index is 10.6. The van der Waals surface area contributed by atoms with E-state index in [1.165, 1.54) is 0 Å². The molecule has 2 amide bonds. The highest BCUT2D eigenvalue weighted by Gasteiger charge is 1.92. The Labute approximate surface area is 58.0 Å². The van der Waals surface area contributed by atoms with Gasteiger partial charge in [-0.2, -0.15) is 0 Å². The van der Waals surface area contributed by atoms with Crippen molar-refractivity contribution in [3.8, 4) is 0 Å². The van der Waals surface area contributed by atoms with Crippen LogP contribution in [-0.2, 0) is 0 Å². The summed E-state index contributed by atoms with van der Waals surface area (Å²) >= 11 is 0. The zero-order chi connectivity index (χ0) is 7.11. The van der Waals surface area contributed by atoms with Crippen molar-refractivity contribution in [3.63, 3.8) is 0 Å². The van der Waals surface area contributed by atoms with Gasteiger partial charge in [-0.05, 0) is 6.92 Å². The third-order valence-electron chi connectivity index (χ3n) is 0.873. The molecule has 0 rings (SSSR count). The maximum atomic E-state index is 10.6. The van der Waals surface area contributed by atoms with Crippen molar-refractivity contribution in [2.24, 2.45) is 0 Å². The van der Waals surface area contributed by atoms with Gasteiger partial charge in [-0.15, -0.1) is 0 Å². The monoisotopic (exact) mass is 146 g/mol. The van der Waals surface area contributed by atoms with E-state index in [0.717, 1.165) is 6.17 Å². The molecule has 4 heteroatoms. The van der Waals surface area contributed by atoms with Crippen LogP contribution in [0.3, 0.4) is 0 Å². The van der Waals surface area contributed by atoms with Gasteiger partial charge in [0.15, 0.2) is 0 Å². The van der Waals surface area contributed by atoms with E-state index >= 15 is 0 Å². The fourth-order valence-electron chi connectivity index (χ4n) is 0.462. The largest absolute Gasteiger partial charge is 0.342 e. The van der Waals surface area contributed by atoms with Gasteiger partial charge in [0.1, 0.15) is 0 Å². The second kappa shape index (κ2) is 5.62. The first-order valence-corrected chi connectivity index (χ1v) is 5.74. The topological polar surface area (TPSA) is 41.1 Å². The summed E-state index contributed by atoms with van der Waals surface area (Å²) in [5.74, 6) is 0. The van der Waals surface area contributed by atoms with E-state index in [9.17, 15) is 4.79 Å². The van der Waals surface area contributed by atoms with Crippen molar-refractivity contribution < 1.29 is 4.79 Å². The minimum atomic E-state index is -0.0353. The Morgan fingerprint density at radius 2 is 2.22 bits per heavy atom. The van der Waals surface area contributed by atoms with Crippen LogP contribution in [0.15, 0.2) is 0 Å². The smallest absolute Gasteiger partial charge is 0.314 e. The molecular formula is C5H14N2OSi. The van der Waals surface area contributed by atoms with Crippen LogP contribution in [-0.4, -0.2) is 28.3 Å². The Kier molecular flexibility index (Phi) is 5.30. The Bertz CT molecular complexity index is 87.0. The molecule has 0 unspecified atom stereocenters. The fourth-order valence-corrected chi connectivity index (χ4v) is 0.939. The predicted molar refractivity (Wildman–Crippen MR) is 41.5 cm³/mol. The normalized spacial score (nSPS) is 10.0. The lowest BCUT2D eigenvalue weighted by molar-refractivity contribution is 0.243. The molecule has 0 aliphatic rings. The molecule has 0 saturated carbocycles. The summed E-state index contributed by atoms with van der Waals surface area (Å²) in [6.45, 7) is 4.77. The third-order valence-corrected chi connectivity index (χ3v) is 1.62. The van der Waals surface area contributed by atoms with Crippen LogP contribution in [0.25, 0.3) is 0 Å². The number of amides is 2. The minimum absolute atomic E-state index is 0.0177. The van der Waals surface area contributed by atoms with Crippen LogP contribution >= 0.6 is 0 Å². The van der Waals surface area contributed by atoms with Crippen LogP contribution in [0.4, 0.5) is 4.79 Å². The molecule has 0 heterocycles. The number of rotatable bonds is 3. The Balaban J connectivity index is 3.06. The molecule has 0 aromatic rings. The second-order valence-corrected chi connectivity index (χ2v) is 3.29. The maximum Gasteiger partial charge on any atom is 0.314 e. The molecule has 3 nitrogen and oxygen atoms in total. The summed E-state index contributed by atoms with van der Waals surface area (Å²) in [7, 11) is -0.0177. The lowest BCUT2D eigenvalue weighted by atomic mass is 10.7. The molecule has 0 aliphatic heterocycles. The van der Waals surface area contributed by atoms with E-state index in [1.807, 2.05) is 6.92 Å².